The third-order valence-corrected chi connectivity index (χ3v) is 1.63. The van der Waals surface area contributed by atoms with Crippen LogP contribution in [0.5, 0.6) is 0 Å². The van der Waals surface area contributed by atoms with E-state index >= 15 is 0 Å². The van der Waals surface area contributed by atoms with Gasteiger partial charge in [-0.3, -0.25) is 0 Å². The van der Waals surface area contributed by atoms with E-state index in [0.717, 1.165) is 10.4 Å². The van der Waals surface area contributed by atoms with Gasteiger partial charge in [0.05, 0.1) is 11.1 Å². The van der Waals surface area contributed by atoms with Gasteiger partial charge in [-0.25, -0.2) is 0 Å². The second-order valence-corrected chi connectivity index (χ2v) is 2.41. The zero-order valence-corrected chi connectivity index (χ0v) is 5.99. The van der Waals surface area contributed by atoms with E-state index in [2.05, 4.69) is 22.8 Å². The molecule has 0 aliphatic rings. The molecule has 3 nitrogen and oxygen atoms in total. The molecule has 2 aromatic rings. The third kappa shape index (κ3) is 0.690. The smallest absolute Gasteiger partial charge is 0.101 e. The van der Waals surface area contributed by atoms with Gasteiger partial charge in [0.2, 0.25) is 0 Å². The van der Waals surface area contributed by atoms with Crippen molar-refractivity contribution in [3.8, 4) is 0 Å². The Balaban J connectivity index is 2.93. The first-order chi connectivity index (χ1) is 4.88. The van der Waals surface area contributed by atoms with Crippen molar-refractivity contribution in [2.45, 2.75) is 4.90 Å². The Morgan fingerprint density at radius 3 is 3.10 bits per heavy atom. The summed E-state index contributed by atoms with van der Waals surface area (Å²) in [6.45, 7) is 0. The van der Waals surface area contributed by atoms with E-state index in [4.69, 9.17) is 0 Å². The van der Waals surface area contributed by atoms with E-state index < -0.39 is 0 Å². The molecule has 0 amide bonds. The first-order valence-electron chi connectivity index (χ1n) is 2.86. The van der Waals surface area contributed by atoms with Gasteiger partial charge in [0, 0.05) is 6.20 Å². The molecule has 0 saturated heterocycles. The zero-order chi connectivity index (χ0) is 6.97. The van der Waals surface area contributed by atoms with Gasteiger partial charge in [0.15, 0.2) is 0 Å². The molecule has 2 aromatic heterocycles. The number of aromatic nitrogens is 3. The average Bonchev–Trinajstić information content (AvgIpc) is 2.34. The molecular formula is C6H5N3S. The second kappa shape index (κ2) is 1.98. The quantitative estimate of drug-likeness (QED) is 0.570. The molecule has 50 valence electrons. The molecule has 10 heavy (non-hydrogen) atoms. The first-order valence-corrected chi connectivity index (χ1v) is 3.30. The normalized spacial score (nSPS) is 10.5. The molecule has 0 aliphatic carbocycles. The molecule has 0 bridgehead atoms. The standard InChI is InChI=1S/C6H5N3S/c10-6-4-8-9-5(6)2-1-3-7-9/h1-4,10H. The average molecular weight is 151 g/mol. The Kier molecular flexibility index (Phi) is 1.14. The molecule has 4 heteroatoms. The number of rotatable bonds is 0. The van der Waals surface area contributed by atoms with Gasteiger partial charge in [-0.1, -0.05) is 0 Å². The van der Waals surface area contributed by atoms with Gasteiger partial charge in [-0.05, 0) is 12.1 Å². The van der Waals surface area contributed by atoms with Gasteiger partial charge in [-0.15, -0.1) is 12.6 Å². The van der Waals surface area contributed by atoms with E-state index in [0.29, 0.717) is 0 Å². The van der Waals surface area contributed by atoms with E-state index in [9.17, 15) is 0 Å². The van der Waals surface area contributed by atoms with Crippen LogP contribution in [-0.4, -0.2) is 14.8 Å². The van der Waals surface area contributed by atoms with E-state index in [1.54, 1.807) is 17.0 Å². The van der Waals surface area contributed by atoms with Crippen LogP contribution in [0.25, 0.3) is 5.52 Å². The summed E-state index contributed by atoms with van der Waals surface area (Å²) in [5, 5.41) is 7.91. The minimum Gasteiger partial charge on any atom is -0.159 e. The van der Waals surface area contributed by atoms with Crippen LogP contribution in [0, 0.1) is 0 Å². The summed E-state index contributed by atoms with van der Waals surface area (Å²) in [6, 6.07) is 3.78. The van der Waals surface area contributed by atoms with Crippen molar-refractivity contribution in [2.75, 3.05) is 0 Å². The minimum absolute atomic E-state index is 0.855. The maximum Gasteiger partial charge on any atom is 0.101 e. The van der Waals surface area contributed by atoms with Gasteiger partial charge >= 0.3 is 0 Å². The van der Waals surface area contributed by atoms with Crippen LogP contribution < -0.4 is 0 Å². The van der Waals surface area contributed by atoms with Crippen LogP contribution in [-0.2, 0) is 0 Å². The van der Waals surface area contributed by atoms with Crippen molar-refractivity contribution in [3.63, 3.8) is 0 Å². The number of hydrogen-bond acceptors (Lipinski definition) is 3. The Labute approximate surface area is 63.1 Å². The molecule has 0 fully saturated rings. The molecule has 2 heterocycles. The van der Waals surface area contributed by atoms with E-state index in [1.807, 2.05) is 12.1 Å². The van der Waals surface area contributed by atoms with Crippen LogP contribution in [0.15, 0.2) is 29.4 Å². The summed E-state index contributed by atoms with van der Waals surface area (Å²) in [5.41, 5.74) is 0.936. The zero-order valence-electron chi connectivity index (χ0n) is 5.10. The van der Waals surface area contributed by atoms with Crippen molar-refractivity contribution >= 4 is 18.1 Å². The van der Waals surface area contributed by atoms with Crippen molar-refractivity contribution in [3.05, 3.63) is 24.5 Å². The minimum atomic E-state index is 0.855. The highest BCUT2D eigenvalue weighted by Crippen LogP contribution is 2.11. The topological polar surface area (TPSA) is 30.2 Å². The largest absolute Gasteiger partial charge is 0.159 e. The summed E-state index contributed by atoms with van der Waals surface area (Å²) in [4.78, 5) is 0.855. The van der Waals surface area contributed by atoms with Crippen LogP contribution in [0.2, 0.25) is 0 Å². The summed E-state index contributed by atoms with van der Waals surface area (Å²) >= 11 is 4.18. The lowest BCUT2D eigenvalue weighted by molar-refractivity contribution is 0.800. The Morgan fingerprint density at radius 1 is 1.40 bits per heavy atom. The summed E-state index contributed by atoms with van der Waals surface area (Å²) in [6.07, 6.45) is 3.36. The molecule has 0 spiro atoms. The van der Waals surface area contributed by atoms with Crippen molar-refractivity contribution in [2.24, 2.45) is 0 Å². The molecule has 0 unspecified atom stereocenters. The molecule has 0 radical (unpaired) electrons. The molecule has 0 N–H and O–H groups in total. The number of hydrogen-bond donors (Lipinski definition) is 1. The number of fused-ring (bicyclic) bond motifs is 1. The maximum atomic E-state index is 4.18. The fourth-order valence-electron chi connectivity index (χ4n) is 0.820. The lowest BCUT2D eigenvalue weighted by Crippen LogP contribution is -1.89. The third-order valence-electron chi connectivity index (χ3n) is 1.28. The van der Waals surface area contributed by atoms with Gasteiger partial charge in [0.1, 0.15) is 5.52 Å². The second-order valence-electron chi connectivity index (χ2n) is 1.93. The first kappa shape index (κ1) is 5.73. The van der Waals surface area contributed by atoms with Crippen molar-refractivity contribution in [1.82, 2.24) is 14.8 Å². The number of thiol groups is 1. The summed E-state index contributed by atoms with van der Waals surface area (Å²) in [5.74, 6) is 0. The van der Waals surface area contributed by atoms with Crippen molar-refractivity contribution < 1.29 is 0 Å². The van der Waals surface area contributed by atoms with Gasteiger partial charge in [-0.2, -0.15) is 14.8 Å². The maximum absolute atomic E-state index is 4.18. The highest BCUT2D eigenvalue weighted by Gasteiger charge is 1.96. The molecule has 0 atom stereocenters. The Bertz CT molecular complexity index is 355. The molecule has 0 aliphatic heterocycles. The summed E-state index contributed by atoms with van der Waals surface area (Å²) in [7, 11) is 0. The molecular weight excluding hydrogens is 146 g/mol. The number of nitrogens with zero attached hydrogens (tertiary/aromatic N) is 3. The Hall–Kier alpha value is -1.03. The predicted molar refractivity (Wildman–Crippen MR) is 40.2 cm³/mol. The summed E-state index contributed by atoms with van der Waals surface area (Å²) < 4.78 is 1.54. The lowest BCUT2D eigenvalue weighted by Gasteiger charge is -1.87. The lowest BCUT2D eigenvalue weighted by atomic mass is 10.5. The highest BCUT2D eigenvalue weighted by atomic mass is 32.1. The van der Waals surface area contributed by atoms with E-state index in [1.165, 1.54) is 0 Å². The fourth-order valence-corrected chi connectivity index (χ4v) is 1.04. The van der Waals surface area contributed by atoms with Gasteiger partial charge < -0.3 is 0 Å². The van der Waals surface area contributed by atoms with Gasteiger partial charge in [0.25, 0.3) is 0 Å². The predicted octanol–water partition coefficient (Wildman–Crippen LogP) is 1.02. The van der Waals surface area contributed by atoms with E-state index in [-0.39, 0.29) is 0 Å². The van der Waals surface area contributed by atoms with Crippen LogP contribution >= 0.6 is 12.6 Å². The van der Waals surface area contributed by atoms with Crippen LogP contribution in [0.4, 0.5) is 0 Å². The molecule has 0 saturated carbocycles. The van der Waals surface area contributed by atoms with Crippen LogP contribution in [0.3, 0.4) is 0 Å². The van der Waals surface area contributed by atoms with Crippen LogP contribution in [0.1, 0.15) is 0 Å². The highest BCUT2D eigenvalue weighted by molar-refractivity contribution is 7.80. The molecule has 2 rings (SSSR count). The van der Waals surface area contributed by atoms with Crippen molar-refractivity contribution in [1.29, 1.82) is 0 Å². The molecule has 0 aromatic carbocycles. The monoisotopic (exact) mass is 151 g/mol. The Morgan fingerprint density at radius 2 is 2.30 bits per heavy atom. The fraction of sp³-hybridized carbons (Fsp3) is 0. The SMILES string of the molecule is Sc1cnn2ncccc12.